The van der Waals surface area contributed by atoms with Crippen LogP contribution in [-0.4, -0.2) is 44.2 Å². The summed E-state index contributed by atoms with van der Waals surface area (Å²) in [6, 6.07) is 0.168. The van der Waals surface area contributed by atoms with Crippen molar-refractivity contribution < 1.29 is 14.2 Å². The second-order valence-corrected chi connectivity index (χ2v) is 6.58. The van der Waals surface area contributed by atoms with E-state index in [1.54, 1.807) is 0 Å². The largest absolute Gasteiger partial charge is 0.381 e. The van der Waals surface area contributed by atoms with Gasteiger partial charge in [-0.2, -0.15) is 0 Å². The Labute approximate surface area is 116 Å². The lowest BCUT2D eigenvalue weighted by Gasteiger charge is -2.45. The Bertz CT molecular complexity index is 298. The van der Waals surface area contributed by atoms with Crippen LogP contribution in [0.25, 0.3) is 0 Å². The molecule has 0 aromatic carbocycles. The molecular weight excluding hydrogens is 242 g/mol. The molecule has 3 fully saturated rings. The van der Waals surface area contributed by atoms with Crippen molar-refractivity contribution in [2.45, 2.75) is 56.8 Å². The molecule has 0 aromatic heterocycles. The highest BCUT2D eigenvalue weighted by Gasteiger charge is 2.43. The molecule has 4 heteroatoms. The highest BCUT2D eigenvalue weighted by atomic mass is 16.5. The average molecular weight is 269 g/mol. The standard InChI is InChI=1S/C15H27NO3/c1-11-2-6-18-14(11)13(16)12-3-7-19-15(10-12)4-8-17-9-5-15/h11-14H,2-10,16H2,1H3. The van der Waals surface area contributed by atoms with Crippen molar-refractivity contribution in [3.05, 3.63) is 0 Å². The van der Waals surface area contributed by atoms with Crippen molar-refractivity contribution in [2.75, 3.05) is 26.4 Å². The molecule has 3 aliphatic rings. The van der Waals surface area contributed by atoms with E-state index in [1.165, 1.54) is 0 Å². The van der Waals surface area contributed by atoms with Gasteiger partial charge in [0.15, 0.2) is 0 Å². The summed E-state index contributed by atoms with van der Waals surface area (Å²) in [5.74, 6) is 1.14. The van der Waals surface area contributed by atoms with Crippen molar-refractivity contribution in [3.63, 3.8) is 0 Å². The molecule has 4 unspecified atom stereocenters. The SMILES string of the molecule is CC1CCOC1C(N)C1CCOC2(CCOCC2)C1. The van der Waals surface area contributed by atoms with Gasteiger partial charge in [0.05, 0.1) is 11.7 Å². The van der Waals surface area contributed by atoms with Crippen LogP contribution in [0.1, 0.15) is 39.0 Å². The fourth-order valence-electron chi connectivity index (χ4n) is 3.96. The number of hydrogen-bond acceptors (Lipinski definition) is 4. The summed E-state index contributed by atoms with van der Waals surface area (Å²) in [5, 5.41) is 0. The van der Waals surface area contributed by atoms with Crippen LogP contribution < -0.4 is 5.73 Å². The van der Waals surface area contributed by atoms with Gasteiger partial charge in [-0.25, -0.2) is 0 Å². The first-order chi connectivity index (χ1) is 9.20. The van der Waals surface area contributed by atoms with E-state index in [0.717, 1.165) is 58.5 Å². The molecule has 0 radical (unpaired) electrons. The third-order valence-electron chi connectivity index (χ3n) is 5.30. The van der Waals surface area contributed by atoms with Crippen molar-refractivity contribution >= 4 is 0 Å². The normalized spacial score (nSPS) is 40.4. The monoisotopic (exact) mass is 269 g/mol. The zero-order valence-electron chi connectivity index (χ0n) is 12.0. The van der Waals surface area contributed by atoms with Crippen LogP contribution in [0, 0.1) is 11.8 Å². The summed E-state index contributed by atoms with van der Waals surface area (Å²) in [6.45, 7) is 5.65. The minimum Gasteiger partial charge on any atom is -0.381 e. The first-order valence-electron chi connectivity index (χ1n) is 7.79. The number of rotatable bonds is 2. The lowest BCUT2D eigenvalue weighted by molar-refractivity contribution is -0.153. The maximum atomic E-state index is 6.52. The van der Waals surface area contributed by atoms with E-state index >= 15 is 0 Å². The van der Waals surface area contributed by atoms with Gasteiger partial charge in [0.2, 0.25) is 0 Å². The van der Waals surface area contributed by atoms with Crippen molar-refractivity contribution in [1.29, 1.82) is 0 Å². The second kappa shape index (κ2) is 5.68. The first-order valence-corrected chi connectivity index (χ1v) is 7.79. The smallest absolute Gasteiger partial charge is 0.0754 e. The van der Waals surface area contributed by atoms with Crippen molar-refractivity contribution in [2.24, 2.45) is 17.6 Å². The Kier molecular flexibility index (Phi) is 4.13. The third kappa shape index (κ3) is 2.82. The van der Waals surface area contributed by atoms with Gasteiger partial charge in [-0.3, -0.25) is 0 Å². The van der Waals surface area contributed by atoms with E-state index in [-0.39, 0.29) is 17.7 Å². The molecule has 0 aliphatic carbocycles. The van der Waals surface area contributed by atoms with Crippen LogP contribution in [-0.2, 0) is 14.2 Å². The topological polar surface area (TPSA) is 53.7 Å². The highest BCUT2D eigenvalue weighted by molar-refractivity contribution is 4.95. The van der Waals surface area contributed by atoms with E-state index in [0.29, 0.717) is 11.8 Å². The Morgan fingerprint density at radius 3 is 2.58 bits per heavy atom. The Morgan fingerprint density at radius 2 is 1.89 bits per heavy atom. The molecule has 0 saturated carbocycles. The molecule has 3 heterocycles. The fraction of sp³-hybridized carbons (Fsp3) is 1.00. The average Bonchev–Trinajstić information content (AvgIpc) is 2.85. The van der Waals surface area contributed by atoms with Crippen molar-refractivity contribution in [1.82, 2.24) is 0 Å². The number of ether oxygens (including phenoxy) is 3. The minimum atomic E-state index is 0.0423. The molecule has 0 amide bonds. The summed E-state index contributed by atoms with van der Waals surface area (Å²) >= 11 is 0. The van der Waals surface area contributed by atoms with Crippen LogP contribution in [0.15, 0.2) is 0 Å². The molecule has 0 aromatic rings. The third-order valence-corrected chi connectivity index (χ3v) is 5.30. The molecule has 3 rings (SSSR count). The number of hydrogen-bond donors (Lipinski definition) is 1. The van der Waals surface area contributed by atoms with Crippen LogP contribution in [0.4, 0.5) is 0 Å². The number of nitrogens with two attached hydrogens (primary N) is 1. The quantitative estimate of drug-likeness (QED) is 0.829. The first kappa shape index (κ1) is 13.8. The highest BCUT2D eigenvalue weighted by Crippen LogP contribution is 2.39. The maximum Gasteiger partial charge on any atom is 0.0754 e. The lowest BCUT2D eigenvalue weighted by Crippen LogP contribution is -2.52. The van der Waals surface area contributed by atoms with E-state index in [9.17, 15) is 0 Å². The van der Waals surface area contributed by atoms with Gasteiger partial charge in [-0.1, -0.05) is 6.92 Å². The van der Waals surface area contributed by atoms with E-state index < -0.39 is 0 Å². The minimum absolute atomic E-state index is 0.0423. The molecule has 2 N–H and O–H groups in total. The van der Waals surface area contributed by atoms with E-state index in [1.807, 2.05) is 0 Å². The molecule has 3 saturated heterocycles. The van der Waals surface area contributed by atoms with Crippen LogP contribution >= 0.6 is 0 Å². The summed E-state index contributed by atoms with van der Waals surface area (Å²) in [6.07, 6.45) is 5.62. The van der Waals surface area contributed by atoms with Gasteiger partial charge in [0.25, 0.3) is 0 Å². The molecule has 4 nitrogen and oxygen atoms in total. The van der Waals surface area contributed by atoms with Gasteiger partial charge in [-0.05, 0) is 43.9 Å². The molecule has 19 heavy (non-hydrogen) atoms. The van der Waals surface area contributed by atoms with Crippen LogP contribution in [0.2, 0.25) is 0 Å². The van der Waals surface area contributed by atoms with Gasteiger partial charge in [0, 0.05) is 32.5 Å². The summed E-state index contributed by atoms with van der Waals surface area (Å²) in [7, 11) is 0. The molecule has 1 spiro atoms. The zero-order chi connectivity index (χ0) is 13.3. The van der Waals surface area contributed by atoms with Gasteiger partial charge in [-0.15, -0.1) is 0 Å². The van der Waals surface area contributed by atoms with Crippen LogP contribution in [0.5, 0.6) is 0 Å². The van der Waals surface area contributed by atoms with E-state index in [4.69, 9.17) is 19.9 Å². The van der Waals surface area contributed by atoms with Crippen LogP contribution in [0.3, 0.4) is 0 Å². The van der Waals surface area contributed by atoms with Gasteiger partial charge < -0.3 is 19.9 Å². The lowest BCUT2D eigenvalue weighted by atomic mass is 9.75. The Morgan fingerprint density at radius 1 is 1.11 bits per heavy atom. The zero-order valence-corrected chi connectivity index (χ0v) is 12.0. The fourth-order valence-corrected chi connectivity index (χ4v) is 3.96. The summed E-state index contributed by atoms with van der Waals surface area (Å²) < 4.78 is 17.4. The van der Waals surface area contributed by atoms with Gasteiger partial charge >= 0.3 is 0 Å². The summed E-state index contributed by atoms with van der Waals surface area (Å²) in [4.78, 5) is 0. The maximum absolute atomic E-state index is 6.52. The van der Waals surface area contributed by atoms with Crippen molar-refractivity contribution in [3.8, 4) is 0 Å². The molecule has 110 valence electrons. The molecule has 0 bridgehead atoms. The molecule has 3 aliphatic heterocycles. The molecule has 4 atom stereocenters. The molecular formula is C15H27NO3. The Balaban J connectivity index is 1.64. The van der Waals surface area contributed by atoms with E-state index in [2.05, 4.69) is 6.92 Å². The second-order valence-electron chi connectivity index (χ2n) is 6.58. The predicted octanol–water partition coefficient (Wildman–Crippen LogP) is 1.71. The van der Waals surface area contributed by atoms with Gasteiger partial charge in [0.1, 0.15) is 0 Å². The summed E-state index contributed by atoms with van der Waals surface area (Å²) in [5.41, 5.74) is 6.56. The Hall–Kier alpha value is -0.160. The predicted molar refractivity (Wildman–Crippen MR) is 73.0 cm³/mol.